The van der Waals surface area contributed by atoms with Crippen molar-refractivity contribution in [1.82, 2.24) is 4.98 Å². The Balaban J connectivity index is 2.05. The topological polar surface area (TPSA) is 101 Å². The molecular weight excluding hydrogens is 388 g/mol. The minimum atomic E-state index is -0.496. The van der Waals surface area contributed by atoms with Crippen LogP contribution in [0.25, 0.3) is 0 Å². The van der Waals surface area contributed by atoms with E-state index in [2.05, 4.69) is 30.2 Å². The molecule has 29 heavy (non-hydrogen) atoms. The normalized spacial score (nSPS) is 19.7. The number of Topliss-reactive ketones (excluding diaryl/α,β-unsaturated/α-hetero) is 1. The van der Waals surface area contributed by atoms with Gasteiger partial charge in [0.05, 0.1) is 12.8 Å². The van der Waals surface area contributed by atoms with Crippen molar-refractivity contribution in [3.8, 4) is 11.9 Å². The first-order valence-corrected chi connectivity index (χ1v) is 9.70. The smallest absolute Gasteiger partial charge is 0.235 e. The van der Waals surface area contributed by atoms with Crippen LogP contribution in [0, 0.1) is 16.7 Å². The molecule has 0 saturated carbocycles. The fourth-order valence-corrected chi connectivity index (χ4v) is 4.57. The van der Waals surface area contributed by atoms with E-state index in [1.165, 1.54) is 7.11 Å². The molecule has 0 saturated heterocycles. The van der Waals surface area contributed by atoms with Crippen molar-refractivity contribution in [1.29, 1.82) is 5.26 Å². The number of carbonyl (C=O) groups excluding carboxylic acids is 1. The molecule has 2 aliphatic rings. The lowest BCUT2D eigenvalue weighted by atomic mass is 9.69. The van der Waals surface area contributed by atoms with Crippen LogP contribution in [0.1, 0.15) is 49.3 Å². The number of carbonyl (C=O) groups is 1. The number of nitrogens with one attached hydrogen (secondary N) is 1. The summed E-state index contributed by atoms with van der Waals surface area (Å²) >= 11 is 6.54. The molecule has 6 nitrogen and oxygen atoms in total. The quantitative estimate of drug-likeness (QED) is 0.763. The third kappa shape index (κ3) is 3.02. The monoisotopic (exact) mass is 408 g/mol. The summed E-state index contributed by atoms with van der Waals surface area (Å²) < 4.78 is 5.28. The lowest BCUT2D eigenvalue weighted by molar-refractivity contribution is -0.118. The van der Waals surface area contributed by atoms with Gasteiger partial charge < -0.3 is 15.8 Å². The number of fused-ring (bicyclic) bond motifs is 1. The minimum absolute atomic E-state index is 0.0491. The van der Waals surface area contributed by atoms with Crippen molar-refractivity contribution in [3.63, 3.8) is 0 Å². The first-order chi connectivity index (χ1) is 13.8. The molecule has 0 bridgehead atoms. The van der Waals surface area contributed by atoms with Gasteiger partial charge in [-0.25, -0.2) is 0 Å². The highest BCUT2D eigenvalue weighted by Gasteiger charge is 2.43. The maximum absolute atomic E-state index is 13.2. The van der Waals surface area contributed by atoms with Crippen LogP contribution in [-0.4, -0.2) is 17.9 Å². The number of rotatable bonds is 2. The molecule has 0 spiro atoms. The predicted molar refractivity (Wildman–Crippen MR) is 112 cm³/mol. The van der Waals surface area contributed by atoms with E-state index >= 15 is 0 Å². The molecule has 148 valence electrons. The number of benzene rings is 1. The number of ether oxygens (including phenoxy) is 1. The van der Waals surface area contributed by atoms with Gasteiger partial charge in [-0.1, -0.05) is 43.6 Å². The number of anilines is 2. The number of methoxy groups -OCH3 is 1. The number of nitrogens with two attached hydrogens (primary N) is 1. The molecule has 7 heteroatoms. The summed E-state index contributed by atoms with van der Waals surface area (Å²) in [5.74, 6) is 0.198. The number of pyridine rings is 1. The number of hydrogen-bond acceptors (Lipinski definition) is 6. The highest BCUT2D eigenvalue weighted by Crippen LogP contribution is 2.52. The van der Waals surface area contributed by atoms with Crippen molar-refractivity contribution < 1.29 is 9.53 Å². The fraction of sp³-hybridized carbons (Fsp3) is 0.318. The number of nitriles is 1. The van der Waals surface area contributed by atoms with Crippen molar-refractivity contribution in [2.75, 3.05) is 18.2 Å². The van der Waals surface area contributed by atoms with Gasteiger partial charge in [0, 0.05) is 34.2 Å². The van der Waals surface area contributed by atoms with Crippen molar-refractivity contribution in [2.24, 2.45) is 5.41 Å². The average Bonchev–Trinajstić information content (AvgIpc) is 2.65. The van der Waals surface area contributed by atoms with E-state index in [1.54, 1.807) is 6.07 Å². The Kier molecular flexibility index (Phi) is 4.51. The van der Waals surface area contributed by atoms with Crippen molar-refractivity contribution in [3.05, 3.63) is 57.2 Å². The van der Waals surface area contributed by atoms with E-state index in [4.69, 9.17) is 22.1 Å². The van der Waals surface area contributed by atoms with Crippen LogP contribution < -0.4 is 15.8 Å². The molecule has 0 radical (unpaired) electrons. The Morgan fingerprint density at radius 2 is 2.07 bits per heavy atom. The van der Waals surface area contributed by atoms with Crippen LogP contribution in [0.2, 0.25) is 5.02 Å². The third-order valence-electron chi connectivity index (χ3n) is 5.53. The van der Waals surface area contributed by atoms with Gasteiger partial charge >= 0.3 is 0 Å². The second-order valence-electron chi connectivity index (χ2n) is 8.20. The highest BCUT2D eigenvalue weighted by atomic mass is 35.5. The molecule has 1 aliphatic heterocycles. The van der Waals surface area contributed by atoms with Crippen LogP contribution in [0.5, 0.6) is 5.88 Å². The molecule has 1 aromatic heterocycles. The summed E-state index contributed by atoms with van der Waals surface area (Å²) in [4.78, 5) is 17.8. The van der Waals surface area contributed by atoms with Gasteiger partial charge in [-0.05, 0) is 23.5 Å². The van der Waals surface area contributed by atoms with Crippen LogP contribution in [0.15, 0.2) is 35.5 Å². The number of nitrogen functional groups attached to an aromatic ring is 1. The predicted octanol–water partition coefficient (Wildman–Crippen LogP) is 4.40. The van der Waals surface area contributed by atoms with Crippen LogP contribution in [0.3, 0.4) is 0 Å². The molecule has 1 atom stereocenters. The average molecular weight is 409 g/mol. The molecule has 3 N–H and O–H groups in total. The first-order valence-electron chi connectivity index (χ1n) is 9.32. The summed E-state index contributed by atoms with van der Waals surface area (Å²) in [6.07, 6.45) is 1.12. The zero-order valence-electron chi connectivity index (χ0n) is 16.5. The standard InChI is InChI=1S/C22H21ClN4O2/c1-22(2)8-14-17(15(28)9-22)16(11-6-4-5-7-13(11)23)18-19(25)12(10-24)21(29-3)27-20(18)26-14/h4-7,16H,8-9H2,1-3H3,(H3,25,26,27). The van der Waals surface area contributed by atoms with Crippen LogP contribution >= 0.6 is 11.6 Å². The number of hydrogen-bond donors (Lipinski definition) is 2. The maximum Gasteiger partial charge on any atom is 0.235 e. The molecular formula is C22H21ClN4O2. The zero-order valence-corrected chi connectivity index (χ0v) is 17.2. The number of ketones is 1. The van der Waals surface area contributed by atoms with Crippen molar-refractivity contribution in [2.45, 2.75) is 32.6 Å². The van der Waals surface area contributed by atoms with Gasteiger partial charge in [0.15, 0.2) is 5.78 Å². The van der Waals surface area contributed by atoms with E-state index < -0.39 is 5.92 Å². The van der Waals surface area contributed by atoms with Gasteiger partial charge in [-0.2, -0.15) is 10.2 Å². The summed E-state index contributed by atoms with van der Waals surface area (Å²) in [5.41, 5.74) is 9.47. The Morgan fingerprint density at radius 1 is 1.34 bits per heavy atom. The third-order valence-corrected chi connectivity index (χ3v) is 5.87. The van der Waals surface area contributed by atoms with Crippen LogP contribution in [0.4, 0.5) is 11.5 Å². The summed E-state index contributed by atoms with van der Waals surface area (Å²) in [6, 6.07) is 9.46. The Labute approximate surface area is 174 Å². The van der Waals surface area contributed by atoms with Gasteiger partial charge in [0.25, 0.3) is 0 Å². The molecule has 4 rings (SSSR count). The highest BCUT2D eigenvalue weighted by molar-refractivity contribution is 6.31. The minimum Gasteiger partial charge on any atom is -0.480 e. The number of allylic oxidation sites excluding steroid dienone is 2. The van der Waals surface area contributed by atoms with Crippen LogP contribution in [-0.2, 0) is 4.79 Å². The molecule has 1 unspecified atom stereocenters. The molecule has 0 amide bonds. The van der Waals surface area contributed by atoms with E-state index in [1.807, 2.05) is 18.2 Å². The lowest BCUT2D eigenvalue weighted by Gasteiger charge is -2.39. The summed E-state index contributed by atoms with van der Waals surface area (Å²) in [6.45, 7) is 4.13. The SMILES string of the molecule is COc1nc2c(c(N)c1C#N)C(c1ccccc1Cl)C1=C(CC(C)(C)CC1=O)N2. The second kappa shape index (κ2) is 6.78. The van der Waals surface area contributed by atoms with Gasteiger partial charge in [-0.3, -0.25) is 4.79 Å². The largest absolute Gasteiger partial charge is 0.480 e. The Morgan fingerprint density at radius 3 is 2.72 bits per heavy atom. The fourth-order valence-electron chi connectivity index (χ4n) is 4.33. The second-order valence-corrected chi connectivity index (χ2v) is 8.60. The van der Waals surface area contributed by atoms with Gasteiger partial charge in [-0.15, -0.1) is 0 Å². The van der Waals surface area contributed by atoms with E-state index in [-0.39, 0.29) is 28.3 Å². The molecule has 0 fully saturated rings. The number of halogens is 1. The maximum atomic E-state index is 13.2. The molecule has 2 heterocycles. The lowest BCUT2D eigenvalue weighted by Crippen LogP contribution is -2.34. The van der Waals surface area contributed by atoms with Gasteiger partial charge in [0.2, 0.25) is 5.88 Å². The summed E-state index contributed by atoms with van der Waals surface area (Å²) in [5, 5.41) is 13.5. The van der Waals surface area contributed by atoms with Gasteiger partial charge in [0.1, 0.15) is 17.5 Å². The molecule has 1 aliphatic carbocycles. The molecule has 1 aromatic carbocycles. The number of nitrogens with zero attached hydrogens (tertiary/aromatic N) is 2. The zero-order chi connectivity index (χ0) is 20.9. The molecule has 2 aromatic rings. The van der Waals surface area contributed by atoms with Crippen molar-refractivity contribution >= 4 is 28.9 Å². The van der Waals surface area contributed by atoms with E-state index in [0.717, 1.165) is 11.3 Å². The van der Waals surface area contributed by atoms with E-state index in [9.17, 15) is 10.1 Å². The van der Waals surface area contributed by atoms with E-state index in [0.29, 0.717) is 34.8 Å². The summed E-state index contributed by atoms with van der Waals surface area (Å²) in [7, 11) is 1.45. The Hall–Kier alpha value is -3.04. The Bertz CT molecular complexity index is 1110. The first kappa shape index (κ1) is 19.3. The number of aromatic nitrogens is 1.